The summed E-state index contributed by atoms with van der Waals surface area (Å²) in [6.45, 7) is 3.99. The molecule has 0 spiro atoms. The lowest BCUT2D eigenvalue weighted by atomic mass is 9.84. The van der Waals surface area contributed by atoms with Crippen molar-refractivity contribution in [1.29, 1.82) is 0 Å². The zero-order valence-corrected chi connectivity index (χ0v) is 10.6. The molecule has 1 aliphatic rings. The van der Waals surface area contributed by atoms with E-state index in [0.29, 0.717) is 12.0 Å². The molecule has 3 heteroatoms. The predicted octanol–water partition coefficient (Wildman–Crippen LogP) is 2.85. The number of carbonyl (C=O) groups excluding carboxylic acids is 1. The normalized spacial score (nSPS) is 22.8. The van der Waals surface area contributed by atoms with Crippen molar-refractivity contribution in [3.63, 3.8) is 0 Å². The molecule has 0 aromatic heterocycles. The van der Waals surface area contributed by atoms with Gasteiger partial charge in [-0.2, -0.15) is 0 Å². The molecule has 0 bridgehead atoms. The van der Waals surface area contributed by atoms with Gasteiger partial charge in [-0.05, 0) is 32.6 Å². The first kappa shape index (κ1) is 12.0. The Labute approximate surface area is 95.0 Å². The summed E-state index contributed by atoms with van der Waals surface area (Å²) in [5.41, 5.74) is 0. The summed E-state index contributed by atoms with van der Waals surface area (Å²) in [7, 11) is 0. The van der Waals surface area contributed by atoms with E-state index in [9.17, 15) is 4.79 Å². The molecule has 1 rings (SSSR count). The first-order valence-corrected chi connectivity index (χ1v) is 6.47. The number of carbonyl (C=O) groups is 1. The van der Waals surface area contributed by atoms with Crippen molar-refractivity contribution in [2.45, 2.75) is 56.8 Å². The maximum Gasteiger partial charge on any atom is 0.233 e. The van der Waals surface area contributed by atoms with Crippen LogP contribution in [0.2, 0.25) is 0 Å². The molecule has 0 aromatic carbocycles. The quantitative estimate of drug-likeness (QED) is 0.778. The molecule has 1 N–H and O–H groups in total. The van der Waals surface area contributed by atoms with E-state index in [2.05, 4.69) is 28.2 Å². The molecule has 2 atom stereocenters. The second kappa shape index (κ2) is 5.74. The van der Waals surface area contributed by atoms with Crippen molar-refractivity contribution in [3.8, 4) is 0 Å². The summed E-state index contributed by atoms with van der Waals surface area (Å²) in [6, 6.07) is 0.336. The Kier molecular flexibility index (Phi) is 4.93. The van der Waals surface area contributed by atoms with Crippen molar-refractivity contribution >= 4 is 21.8 Å². The van der Waals surface area contributed by atoms with E-state index >= 15 is 0 Å². The van der Waals surface area contributed by atoms with Crippen LogP contribution in [0.5, 0.6) is 0 Å². The highest BCUT2D eigenvalue weighted by molar-refractivity contribution is 9.10. The number of alkyl halides is 1. The maximum atomic E-state index is 11.4. The van der Waals surface area contributed by atoms with Crippen LogP contribution in [0.3, 0.4) is 0 Å². The van der Waals surface area contributed by atoms with Gasteiger partial charge in [0.05, 0.1) is 4.83 Å². The second-order valence-corrected chi connectivity index (χ2v) is 5.68. The molecule has 1 fully saturated rings. The van der Waals surface area contributed by atoms with E-state index in [1.807, 2.05) is 6.92 Å². The van der Waals surface area contributed by atoms with Gasteiger partial charge in [0.15, 0.2) is 0 Å². The summed E-state index contributed by atoms with van der Waals surface area (Å²) in [5.74, 6) is 0.807. The van der Waals surface area contributed by atoms with E-state index in [4.69, 9.17) is 0 Å². The van der Waals surface area contributed by atoms with Gasteiger partial charge in [-0.25, -0.2) is 0 Å². The lowest BCUT2D eigenvalue weighted by Crippen LogP contribution is -2.41. The van der Waals surface area contributed by atoms with E-state index < -0.39 is 0 Å². The predicted molar refractivity (Wildman–Crippen MR) is 62.6 cm³/mol. The minimum absolute atomic E-state index is 0.0754. The third-order valence-electron chi connectivity index (χ3n) is 3.09. The summed E-state index contributed by atoms with van der Waals surface area (Å²) in [4.78, 5) is 11.4. The summed E-state index contributed by atoms with van der Waals surface area (Å²) in [5, 5.41) is 3.06. The molecular weight excluding hydrogens is 242 g/mol. The topological polar surface area (TPSA) is 29.1 Å². The Morgan fingerprint density at radius 1 is 1.29 bits per heavy atom. The number of hydrogen-bond donors (Lipinski definition) is 1. The molecular formula is C11H20BrNO. The molecule has 1 aliphatic carbocycles. The van der Waals surface area contributed by atoms with Crippen LogP contribution in [0.15, 0.2) is 0 Å². The van der Waals surface area contributed by atoms with Gasteiger partial charge < -0.3 is 5.32 Å². The third-order valence-corrected chi connectivity index (χ3v) is 3.50. The number of amides is 1. The largest absolute Gasteiger partial charge is 0.352 e. The van der Waals surface area contributed by atoms with Crippen molar-refractivity contribution < 1.29 is 4.79 Å². The van der Waals surface area contributed by atoms with Crippen molar-refractivity contribution in [1.82, 2.24) is 5.32 Å². The number of rotatable bonds is 3. The van der Waals surface area contributed by atoms with Crippen LogP contribution >= 0.6 is 15.9 Å². The van der Waals surface area contributed by atoms with Gasteiger partial charge in [0.25, 0.3) is 0 Å². The van der Waals surface area contributed by atoms with Gasteiger partial charge >= 0.3 is 0 Å². The molecule has 0 aromatic rings. The zero-order chi connectivity index (χ0) is 10.6. The van der Waals surface area contributed by atoms with E-state index in [0.717, 1.165) is 0 Å². The SMILES string of the molecule is CC(Br)C(=O)NC(C)C1CCCCC1. The Bertz CT molecular complexity index is 188. The van der Waals surface area contributed by atoms with Gasteiger partial charge in [0.2, 0.25) is 5.91 Å². The molecule has 0 aliphatic heterocycles. The fourth-order valence-corrected chi connectivity index (χ4v) is 2.22. The summed E-state index contributed by atoms with van der Waals surface area (Å²) >= 11 is 3.28. The van der Waals surface area contributed by atoms with E-state index in [1.165, 1.54) is 32.1 Å². The van der Waals surface area contributed by atoms with Crippen LogP contribution in [0.1, 0.15) is 46.0 Å². The standard InChI is InChI=1S/C11H20BrNO/c1-8(12)11(14)13-9(2)10-6-4-3-5-7-10/h8-10H,3-7H2,1-2H3,(H,13,14). The minimum Gasteiger partial charge on any atom is -0.352 e. The van der Waals surface area contributed by atoms with Crippen LogP contribution in [-0.2, 0) is 4.79 Å². The molecule has 1 saturated carbocycles. The highest BCUT2D eigenvalue weighted by Gasteiger charge is 2.22. The van der Waals surface area contributed by atoms with Crippen LogP contribution in [0.25, 0.3) is 0 Å². The average molecular weight is 262 g/mol. The molecule has 2 nitrogen and oxygen atoms in total. The molecule has 14 heavy (non-hydrogen) atoms. The lowest BCUT2D eigenvalue weighted by Gasteiger charge is -2.28. The Morgan fingerprint density at radius 3 is 2.36 bits per heavy atom. The third kappa shape index (κ3) is 3.60. The Hall–Kier alpha value is -0.0500. The monoisotopic (exact) mass is 261 g/mol. The van der Waals surface area contributed by atoms with E-state index in [1.54, 1.807) is 0 Å². The van der Waals surface area contributed by atoms with Crippen LogP contribution in [0.4, 0.5) is 0 Å². The van der Waals surface area contributed by atoms with Crippen LogP contribution in [0, 0.1) is 5.92 Å². The molecule has 0 saturated heterocycles. The second-order valence-electron chi connectivity index (χ2n) is 4.31. The fourth-order valence-electron chi connectivity index (χ4n) is 2.09. The maximum absolute atomic E-state index is 11.4. The summed E-state index contributed by atoms with van der Waals surface area (Å²) < 4.78 is 0. The molecule has 0 radical (unpaired) electrons. The lowest BCUT2D eigenvalue weighted by molar-refractivity contribution is -0.121. The highest BCUT2D eigenvalue weighted by Crippen LogP contribution is 2.26. The zero-order valence-electron chi connectivity index (χ0n) is 9.05. The number of hydrogen-bond acceptors (Lipinski definition) is 1. The average Bonchev–Trinajstić information content (AvgIpc) is 2.19. The highest BCUT2D eigenvalue weighted by atomic mass is 79.9. The van der Waals surface area contributed by atoms with Gasteiger partial charge in [-0.1, -0.05) is 35.2 Å². The van der Waals surface area contributed by atoms with Crippen molar-refractivity contribution in [2.75, 3.05) is 0 Å². The first-order chi connectivity index (χ1) is 6.61. The van der Waals surface area contributed by atoms with Gasteiger partial charge in [-0.15, -0.1) is 0 Å². The van der Waals surface area contributed by atoms with E-state index in [-0.39, 0.29) is 10.7 Å². The van der Waals surface area contributed by atoms with Gasteiger partial charge in [0, 0.05) is 6.04 Å². The molecule has 1 amide bonds. The fraction of sp³-hybridized carbons (Fsp3) is 0.909. The van der Waals surface area contributed by atoms with Gasteiger partial charge in [0.1, 0.15) is 0 Å². The Morgan fingerprint density at radius 2 is 1.86 bits per heavy atom. The molecule has 0 heterocycles. The first-order valence-electron chi connectivity index (χ1n) is 5.55. The van der Waals surface area contributed by atoms with Gasteiger partial charge in [-0.3, -0.25) is 4.79 Å². The van der Waals surface area contributed by atoms with Crippen molar-refractivity contribution in [2.24, 2.45) is 5.92 Å². The number of halogens is 1. The van der Waals surface area contributed by atoms with Crippen LogP contribution in [-0.4, -0.2) is 16.8 Å². The smallest absolute Gasteiger partial charge is 0.233 e. The van der Waals surface area contributed by atoms with Crippen molar-refractivity contribution in [3.05, 3.63) is 0 Å². The molecule has 82 valence electrons. The summed E-state index contributed by atoms with van der Waals surface area (Å²) in [6.07, 6.45) is 6.58. The van der Waals surface area contributed by atoms with Crippen LogP contribution < -0.4 is 5.32 Å². The number of nitrogens with one attached hydrogen (secondary N) is 1. The minimum atomic E-state index is -0.0754. The Balaban J connectivity index is 2.32. The molecule has 2 unspecified atom stereocenters.